The molecule has 0 fully saturated rings. The summed E-state index contributed by atoms with van der Waals surface area (Å²) in [4.78, 5) is 4.09. The number of guanidine groups is 1. The molecule has 1 unspecified atom stereocenters. The molecule has 1 rings (SSSR count). The maximum Gasteiger partial charge on any atom is 0.215 e. The average molecular weight is 403 g/mol. The van der Waals surface area contributed by atoms with Gasteiger partial charge >= 0.3 is 0 Å². The molecular weight excluding hydrogens is 371 g/mol. The van der Waals surface area contributed by atoms with E-state index >= 15 is 0 Å². The highest BCUT2D eigenvalue weighted by atomic mass is 32.2. The molecule has 1 aromatic carbocycles. The molecule has 0 aliphatic heterocycles. The molecule has 2 N–H and O–H groups in total. The number of hydrogen-bond donors (Lipinski definition) is 2. The first kappa shape index (κ1) is 23.2. The van der Waals surface area contributed by atoms with E-state index in [1.807, 2.05) is 20.8 Å². The fraction of sp³-hybridized carbons (Fsp3) is 0.611. The van der Waals surface area contributed by atoms with Crippen LogP contribution in [-0.4, -0.2) is 63.8 Å². The summed E-state index contributed by atoms with van der Waals surface area (Å²) in [6.45, 7) is 7.23. The minimum Gasteiger partial charge on any atom is -0.489 e. The Kier molecular flexibility index (Phi) is 10.1. The second-order valence-electron chi connectivity index (χ2n) is 5.89. The molecule has 1 atom stereocenters. The molecule has 0 aromatic heterocycles. The molecule has 0 saturated heterocycles. The molecule has 0 aliphatic rings. The largest absolute Gasteiger partial charge is 0.489 e. The monoisotopic (exact) mass is 402 g/mol. The number of aliphatic imine (C=N–C) groups is 1. The van der Waals surface area contributed by atoms with E-state index < -0.39 is 10.0 Å². The molecule has 154 valence electrons. The molecule has 0 aliphatic carbocycles. The maximum atomic E-state index is 13.3. The Bertz CT molecular complexity index is 694. The van der Waals surface area contributed by atoms with Crippen LogP contribution < -0.4 is 15.4 Å². The maximum absolute atomic E-state index is 13.3. The van der Waals surface area contributed by atoms with Crippen molar-refractivity contribution >= 4 is 16.0 Å². The summed E-state index contributed by atoms with van der Waals surface area (Å²) in [7, 11) is -1.67. The fourth-order valence-electron chi connectivity index (χ4n) is 2.48. The normalized spacial score (nSPS) is 13.5. The summed E-state index contributed by atoms with van der Waals surface area (Å²) in [5.74, 6) is 0.608. The highest BCUT2D eigenvalue weighted by Crippen LogP contribution is 2.14. The van der Waals surface area contributed by atoms with Crippen molar-refractivity contribution in [1.82, 2.24) is 14.9 Å². The Morgan fingerprint density at radius 1 is 1.26 bits per heavy atom. The van der Waals surface area contributed by atoms with Gasteiger partial charge in [-0.15, -0.1) is 0 Å². The van der Waals surface area contributed by atoms with Crippen molar-refractivity contribution in [3.63, 3.8) is 0 Å². The van der Waals surface area contributed by atoms with Crippen molar-refractivity contribution in [3.8, 4) is 5.75 Å². The van der Waals surface area contributed by atoms with Gasteiger partial charge in [-0.1, -0.05) is 26.8 Å². The van der Waals surface area contributed by atoms with E-state index in [2.05, 4.69) is 15.6 Å². The molecule has 7 nitrogen and oxygen atoms in total. The standard InChI is InChI=1S/C18H31FN4O3S/c1-5-16(26-17-10-8-9-15(19)13-17)14-22-18(20-4)21-11-12-27(24,25)23(6-2)7-3/h8-10,13,16H,5-7,11-12,14H2,1-4H3,(H2,20,21,22). The second-order valence-corrected chi connectivity index (χ2v) is 7.97. The summed E-state index contributed by atoms with van der Waals surface area (Å²) in [6, 6.07) is 6.01. The number of halogens is 1. The second kappa shape index (κ2) is 11.8. The molecule has 1 aromatic rings. The van der Waals surface area contributed by atoms with Crippen LogP contribution in [0.2, 0.25) is 0 Å². The number of sulfonamides is 1. The number of hydrogen-bond acceptors (Lipinski definition) is 4. The number of nitrogens with zero attached hydrogens (tertiary/aromatic N) is 2. The van der Waals surface area contributed by atoms with Crippen molar-refractivity contribution in [3.05, 3.63) is 30.1 Å². The molecule has 0 saturated carbocycles. The van der Waals surface area contributed by atoms with Gasteiger partial charge in [0.2, 0.25) is 10.0 Å². The predicted octanol–water partition coefficient (Wildman–Crippen LogP) is 1.82. The minimum atomic E-state index is -3.28. The van der Waals surface area contributed by atoms with Crippen LogP contribution in [-0.2, 0) is 10.0 Å². The molecule has 0 radical (unpaired) electrons. The van der Waals surface area contributed by atoms with Crippen LogP contribution in [0, 0.1) is 5.82 Å². The van der Waals surface area contributed by atoms with Crippen molar-refractivity contribution in [2.75, 3.05) is 39.0 Å². The highest BCUT2D eigenvalue weighted by Gasteiger charge is 2.18. The topological polar surface area (TPSA) is 83.0 Å². The SMILES string of the molecule is CCC(CNC(=NC)NCCS(=O)(=O)N(CC)CC)Oc1cccc(F)c1. The molecule has 0 heterocycles. The van der Waals surface area contributed by atoms with Crippen LogP contribution in [0.25, 0.3) is 0 Å². The summed E-state index contributed by atoms with van der Waals surface area (Å²) >= 11 is 0. The molecular formula is C18H31FN4O3S. The predicted molar refractivity (Wildman–Crippen MR) is 107 cm³/mol. The number of benzene rings is 1. The lowest BCUT2D eigenvalue weighted by Gasteiger charge is -2.21. The first-order valence-electron chi connectivity index (χ1n) is 9.20. The van der Waals surface area contributed by atoms with Gasteiger partial charge in [-0.05, 0) is 18.6 Å². The Labute approximate surface area is 162 Å². The number of nitrogens with one attached hydrogen (secondary N) is 2. The average Bonchev–Trinajstić information content (AvgIpc) is 2.64. The summed E-state index contributed by atoms with van der Waals surface area (Å²) < 4.78 is 44.8. The van der Waals surface area contributed by atoms with Crippen LogP contribution in [0.5, 0.6) is 5.75 Å². The lowest BCUT2D eigenvalue weighted by atomic mass is 10.2. The lowest BCUT2D eigenvalue weighted by molar-refractivity contribution is 0.199. The van der Waals surface area contributed by atoms with Gasteiger partial charge in [-0.25, -0.2) is 17.1 Å². The van der Waals surface area contributed by atoms with Crippen molar-refractivity contribution in [2.45, 2.75) is 33.3 Å². The van der Waals surface area contributed by atoms with Crippen LogP contribution in [0.3, 0.4) is 0 Å². The van der Waals surface area contributed by atoms with Gasteiger partial charge in [0.25, 0.3) is 0 Å². The first-order valence-corrected chi connectivity index (χ1v) is 10.8. The Morgan fingerprint density at radius 3 is 2.52 bits per heavy atom. The van der Waals surface area contributed by atoms with E-state index in [1.54, 1.807) is 19.2 Å². The van der Waals surface area contributed by atoms with Gasteiger partial charge < -0.3 is 15.4 Å². The molecule has 0 amide bonds. The molecule has 0 bridgehead atoms. The van der Waals surface area contributed by atoms with E-state index in [0.717, 1.165) is 6.42 Å². The molecule has 0 spiro atoms. The van der Waals surface area contributed by atoms with Crippen molar-refractivity contribution in [1.29, 1.82) is 0 Å². The summed E-state index contributed by atoms with van der Waals surface area (Å²) in [6.07, 6.45) is 0.543. The number of rotatable bonds is 11. The van der Waals surface area contributed by atoms with Gasteiger partial charge in [0, 0.05) is 32.7 Å². The quantitative estimate of drug-likeness (QED) is 0.436. The van der Waals surface area contributed by atoms with Gasteiger partial charge in [0.1, 0.15) is 17.7 Å². The zero-order chi connectivity index (χ0) is 20.3. The third-order valence-electron chi connectivity index (χ3n) is 4.03. The Hall–Kier alpha value is -1.87. The first-order chi connectivity index (χ1) is 12.9. The highest BCUT2D eigenvalue weighted by molar-refractivity contribution is 7.89. The van der Waals surface area contributed by atoms with Crippen molar-refractivity contribution in [2.24, 2.45) is 4.99 Å². The van der Waals surface area contributed by atoms with E-state index in [1.165, 1.54) is 16.4 Å². The van der Waals surface area contributed by atoms with Gasteiger partial charge in [0.15, 0.2) is 5.96 Å². The molecule has 9 heteroatoms. The van der Waals surface area contributed by atoms with Crippen LogP contribution in [0.1, 0.15) is 27.2 Å². The van der Waals surface area contributed by atoms with Crippen molar-refractivity contribution < 1.29 is 17.5 Å². The van der Waals surface area contributed by atoms with Gasteiger partial charge in [-0.2, -0.15) is 0 Å². The molecule has 27 heavy (non-hydrogen) atoms. The van der Waals surface area contributed by atoms with E-state index in [-0.39, 0.29) is 24.2 Å². The number of ether oxygens (including phenoxy) is 1. The smallest absolute Gasteiger partial charge is 0.215 e. The fourth-order valence-corrected chi connectivity index (χ4v) is 3.88. The van der Waals surface area contributed by atoms with Crippen LogP contribution >= 0.6 is 0 Å². The summed E-state index contributed by atoms with van der Waals surface area (Å²) in [5, 5.41) is 6.11. The van der Waals surface area contributed by atoms with Gasteiger partial charge in [-0.3, -0.25) is 4.99 Å². The van der Waals surface area contributed by atoms with Crippen LogP contribution in [0.4, 0.5) is 4.39 Å². The third-order valence-corrected chi connectivity index (χ3v) is 6.05. The van der Waals surface area contributed by atoms with Crippen LogP contribution in [0.15, 0.2) is 29.3 Å². The van der Waals surface area contributed by atoms with Gasteiger partial charge in [0.05, 0.1) is 12.3 Å². The Morgan fingerprint density at radius 2 is 1.96 bits per heavy atom. The summed E-state index contributed by atoms with van der Waals surface area (Å²) in [5.41, 5.74) is 0. The van der Waals surface area contributed by atoms with E-state index in [0.29, 0.717) is 31.3 Å². The van der Waals surface area contributed by atoms with E-state index in [9.17, 15) is 12.8 Å². The minimum absolute atomic E-state index is 0.00756. The zero-order valence-electron chi connectivity index (χ0n) is 16.5. The Balaban J connectivity index is 2.48. The lowest BCUT2D eigenvalue weighted by Crippen LogP contribution is -2.45. The third kappa shape index (κ3) is 8.13. The zero-order valence-corrected chi connectivity index (χ0v) is 17.4. The van der Waals surface area contributed by atoms with E-state index in [4.69, 9.17) is 4.74 Å².